The molecular formula is C22H22ClN3O2. The van der Waals surface area contributed by atoms with Gasteiger partial charge in [-0.05, 0) is 35.7 Å². The van der Waals surface area contributed by atoms with Crippen LogP contribution in [0.15, 0.2) is 67.0 Å². The molecule has 5 nitrogen and oxygen atoms in total. The number of pyridine rings is 1. The van der Waals surface area contributed by atoms with E-state index in [1.807, 2.05) is 42.5 Å². The monoisotopic (exact) mass is 395 g/mol. The number of methoxy groups -OCH3 is 1. The fourth-order valence-electron chi connectivity index (χ4n) is 2.83. The summed E-state index contributed by atoms with van der Waals surface area (Å²) in [5.41, 5.74) is 3.28. The van der Waals surface area contributed by atoms with Gasteiger partial charge in [-0.25, -0.2) is 0 Å². The number of benzene rings is 2. The van der Waals surface area contributed by atoms with Crippen molar-refractivity contribution in [3.8, 4) is 5.75 Å². The lowest BCUT2D eigenvalue weighted by Crippen LogP contribution is -2.23. The van der Waals surface area contributed by atoms with Gasteiger partial charge >= 0.3 is 0 Å². The van der Waals surface area contributed by atoms with Gasteiger partial charge in [0, 0.05) is 30.5 Å². The average Bonchev–Trinajstić information content (AvgIpc) is 2.73. The Morgan fingerprint density at radius 1 is 1.07 bits per heavy atom. The standard InChI is InChI=1S/C22H22ClN3O2/c1-28-21-9-5-3-6-16(21)10-11-25-19-12-18(13-24-15-19)22(27)26-14-17-7-2-4-8-20(17)23/h2-9,12-13,15,25H,10-11,14H2,1H3,(H,26,27). The summed E-state index contributed by atoms with van der Waals surface area (Å²) in [6, 6.07) is 17.1. The van der Waals surface area contributed by atoms with Gasteiger partial charge in [0.25, 0.3) is 5.91 Å². The fraction of sp³-hybridized carbons (Fsp3) is 0.182. The minimum atomic E-state index is -0.194. The number of carbonyl (C=O) groups excluding carboxylic acids is 1. The predicted molar refractivity (Wildman–Crippen MR) is 112 cm³/mol. The van der Waals surface area contributed by atoms with E-state index < -0.39 is 0 Å². The van der Waals surface area contributed by atoms with E-state index in [-0.39, 0.29) is 5.91 Å². The summed E-state index contributed by atoms with van der Waals surface area (Å²) in [6.45, 7) is 1.07. The number of nitrogens with zero attached hydrogens (tertiary/aromatic N) is 1. The van der Waals surface area contributed by atoms with Crippen LogP contribution >= 0.6 is 11.6 Å². The minimum absolute atomic E-state index is 0.194. The first-order valence-corrected chi connectivity index (χ1v) is 9.37. The minimum Gasteiger partial charge on any atom is -0.496 e. The molecule has 0 fully saturated rings. The second-order valence-electron chi connectivity index (χ2n) is 6.23. The van der Waals surface area contributed by atoms with Crippen LogP contribution in [0.3, 0.4) is 0 Å². The first-order valence-electron chi connectivity index (χ1n) is 9.00. The maximum atomic E-state index is 12.4. The van der Waals surface area contributed by atoms with Crippen molar-refractivity contribution in [2.24, 2.45) is 0 Å². The highest BCUT2D eigenvalue weighted by Crippen LogP contribution is 2.18. The van der Waals surface area contributed by atoms with Gasteiger partial charge in [-0.3, -0.25) is 9.78 Å². The maximum absolute atomic E-state index is 12.4. The van der Waals surface area contributed by atoms with Crippen molar-refractivity contribution in [2.75, 3.05) is 19.0 Å². The summed E-state index contributed by atoms with van der Waals surface area (Å²) < 4.78 is 5.37. The first-order chi connectivity index (χ1) is 13.7. The Kier molecular flexibility index (Phi) is 6.87. The number of aromatic nitrogens is 1. The van der Waals surface area contributed by atoms with Crippen molar-refractivity contribution >= 4 is 23.2 Å². The van der Waals surface area contributed by atoms with Crippen LogP contribution in [0.5, 0.6) is 5.75 Å². The highest BCUT2D eigenvalue weighted by atomic mass is 35.5. The molecule has 0 aliphatic heterocycles. The second-order valence-corrected chi connectivity index (χ2v) is 6.63. The van der Waals surface area contributed by atoms with Gasteiger partial charge in [0.05, 0.1) is 18.4 Å². The van der Waals surface area contributed by atoms with E-state index in [1.54, 1.807) is 31.6 Å². The summed E-state index contributed by atoms with van der Waals surface area (Å²) in [6.07, 6.45) is 4.05. The molecule has 2 aromatic carbocycles. The second kappa shape index (κ2) is 9.76. The van der Waals surface area contributed by atoms with Gasteiger partial charge in [-0.2, -0.15) is 0 Å². The number of hydrogen-bond acceptors (Lipinski definition) is 4. The fourth-order valence-corrected chi connectivity index (χ4v) is 3.03. The van der Waals surface area contributed by atoms with Crippen molar-refractivity contribution in [2.45, 2.75) is 13.0 Å². The quantitative estimate of drug-likeness (QED) is 0.596. The van der Waals surface area contributed by atoms with E-state index in [4.69, 9.17) is 16.3 Å². The molecule has 28 heavy (non-hydrogen) atoms. The number of rotatable bonds is 8. The lowest BCUT2D eigenvalue weighted by Gasteiger charge is -2.11. The molecular weight excluding hydrogens is 374 g/mol. The van der Waals surface area contributed by atoms with Crippen LogP contribution in [0.2, 0.25) is 5.02 Å². The van der Waals surface area contributed by atoms with Crippen molar-refractivity contribution < 1.29 is 9.53 Å². The van der Waals surface area contributed by atoms with Crippen LogP contribution in [0, 0.1) is 0 Å². The molecule has 144 valence electrons. The molecule has 0 spiro atoms. The number of halogens is 1. The van der Waals surface area contributed by atoms with E-state index in [9.17, 15) is 4.79 Å². The molecule has 0 atom stereocenters. The largest absolute Gasteiger partial charge is 0.496 e. The number of carbonyl (C=O) groups is 1. The zero-order chi connectivity index (χ0) is 19.8. The Morgan fingerprint density at radius 3 is 2.61 bits per heavy atom. The number of nitrogens with one attached hydrogen (secondary N) is 2. The Morgan fingerprint density at radius 2 is 1.82 bits per heavy atom. The van der Waals surface area contributed by atoms with Crippen molar-refractivity contribution in [1.29, 1.82) is 0 Å². The van der Waals surface area contributed by atoms with E-state index in [0.29, 0.717) is 23.7 Å². The van der Waals surface area contributed by atoms with Gasteiger partial charge in [0.15, 0.2) is 0 Å². The average molecular weight is 396 g/mol. The summed E-state index contributed by atoms with van der Waals surface area (Å²) in [7, 11) is 1.67. The van der Waals surface area contributed by atoms with Gasteiger partial charge in [0.2, 0.25) is 0 Å². The Balaban J connectivity index is 1.56. The van der Waals surface area contributed by atoms with Crippen molar-refractivity contribution in [1.82, 2.24) is 10.3 Å². The molecule has 0 aliphatic rings. The molecule has 6 heteroatoms. The molecule has 1 heterocycles. The predicted octanol–water partition coefficient (Wildman–Crippen LogP) is 4.33. The van der Waals surface area contributed by atoms with Crippen LogP contribution in [0.4, 0.5) is 5.69 Å². The van der Waals surface area contributed by atoms with E-state index in [1.165, 1.54) is 0 Å². The number of anilines is 1. The molecule has 0 bridgehead atoms. The van der Waals surface area contributed by atoms with Gasteiger partial charge in [-0.15, -0.1) is 0 Å². The van der Waals surface area contributed by atoms with Crippen LogP contribution < -0.4 is 15.4 Å². The molecule has 0 unspecified atom stereocenters. The van der Waals surface area contributed by atoms with Crippen molar-refractivity contribution in [3.05, 3.63) is 88.7 Å². The summed E-state index contributed by atoms with van der Waals surface area (Å²) in [5, 5.41) is 6.81. The number of ether oxygens (including phenoxy) is 1. The topological polar surface area (TPSA) is 63.2 Å². The normalized spacial score (nSPS) is 10.4. The zero-order valence-corrected chi connectivity index (χ0v) is 16.4. The van der Waals surface area contributed by atoms with E-state index in [2.05, 4.69) is 15.6 Å². The van der Waals surface area contributed by atoms with E-state index >= 15 is 0 Å². The molecule has 0 saturated heterocycles. The molecule has 3 rings (SSSR count). The Hall–Kier alpha value is -3.05. The summed E-state index contributed by atoms with van der Waals surface area (Å²) in [4.78, 5) is 16.6. The lowest BCUT2D eigenvalue weighted by atomic mass is 10.1. The molecule has 0 aliphatic carbocycles. The molecule has 2 N–H and O–H groups in total. The maximum Gasteiger partial charge on any atom is 0.253 e. The van der Waals surface area contributed by atoms with Gasteiger partial charge in [0.1, 0.15) is 5.75 Å². The third-order valence-electron chi connectivity index (χ3n) is 4.31. The molecule has 1 aromatic heterocycles. The number of hydrogen-bond donors (Lipinski definition) is 2. The van der Waals surface area contributed by atoms with Crippen LogP contribution in [-0.4, -0.2) is 24.5 Å². The van der Waals surface area contributed by atoms with Crippen LogP contribution in [0.1, 0.15) is 21.5 Å². The van der Waals surface area contributed by atoms with Crippen LogP contribution in [-0.2, 0) is 13.0 Å². The third kappa shape index (κ3) is 5.24. The van der Waals surface area contributed by atoms with Crippen LogP contribution in [0.25, 0.3) is 0 Å². The van der Waals surface area contributed by atoms with Gasteiger partial charge in [-0.1, -0.05) is 48.0 Å². The number of amides is 1. The number of para-hydroxylation sites is 1. The third-order valence-corrected chi connectivity index (χ3v) is 4.68. The first kappa shape index (κ1) is 19.7. The van der Waals surface area contributed by atoms with Gasteiger partial charge < -0.3 is 15.4 Å². The summed E-state index contributed by atoms with van der Waals surface area (Å²) >= 11 is 6.13. The Labute approximate surface area is 169 Å². The highest BCUT2D eigenvalue weighted by Gasteiger charge is 2.08. The molecule has 0 radical (unpaired) electrons. The molecule has 1 amide bonds. The molecule has 3 aromatic rings. The van der Waals surface area contributed by atoms with Crippen molar-refractivity contribution in [3.63, 3.8) is 0 Å². The summed E-state index contributed by atoms with van der Waals surface area (Å²) in [5.74, 6) is 0.677. The molecule has 0 saturated carbocycles. The SMILES string of the molecule is COc1ccccc1CCNc1cncc(C(=O)NCc2ccccc2Cl)c1. The lowest BCUT2D eigenvalue weighted by molar-refractivity contribution is 0.0950. The zero-order valence-electron chi connectivity index (χ0n) is 15.6. The van der Waals surface area contributed by atoms with E-state index in [0.717, 1.165) is 29.0 Å². The smallest absolute Gasteiger partial charge is 0.253 e. The Bertz CT molecular complexity index is 946. The highest BCUT2D eigenvalue weighted by molar-refractivity contribution is 6.31.